The van der Waals surface area contributed by atoms with Crippen molar-refractivity contribution in [1.29, 1.82) is 0 Å². The highest BCUT2D eigenvalue weighted by Crippen LogP contribution is 1.97. The summed E-state index contributed by atoms with van der Waals surface area (Å²) in [6.45, 7) is 1.39. The molecular formula is C13H14N2O4. The molecule has 0 fully saturated rings. The normalized spacial score (nSPS) is 17.9. The standard InChI is InChI=1S/C13H14N2O4/c16-12(17)10-3-2-6-15(9-10)7-8-19-13(18)11-4-1-5-14-11/h1-5,9,14H,6-8H2,(H,16,17). The van der Waals surface area contributed by atoms with Crippen LogP contribution in [0.15, 0.2) is 42.3 Å². The Kier molecular flexibility index (Phi) is 4.15. The summed E-state index contributed by atoms with van der Waals surface area (Å²) in [7, 11) is 0. The van der Waals surface area contributed by atoms with Gasteiger partial charge in [0.05, 0.1) is 11.5 Å². The number of esters is 1. The van der Waals surface area contributed by atoms with Gasteiger partial charge < -0.3 is 24.5 Å². The van der Waals surface area contributed by atoms with Crippen LogP contribution in [0.5, 0.6) is 0 Å². The number of hydrogen-bond acceptors (Lipinski definition) is 4. The molecule has 2 N–H and O–H groups in total. The average Bonchev–Trinajstić information content (AvgIpc) is 2.93. The van der Waals surface area contributed by atoms with E-state index in [1.54, 1.807) is 30.6 Å². The van der Waals surface area contributed by atoms with E-state index in [-0.39, 0.29) is 12.2 Å². The number of quaternary nitrogens is 1. The van der Waals surface area contributed by atoms with E-state index in [4.69, 9.17) is 4.74 Å². The fourth-order valence-corrected chi connectivity index (χ4v) is 1.78. The SMILES string of the molecule is O=C([O-])C1=C[NH+](CCOC(=O)c2ccc[nH]2)CC=C1. The zero-order valence-electron chi connectivity index (χ0n) is 10.2. The van der Waals surface area contributed by atoms with Gasteiger partial charge in [0.1, 0.15) is 31.6 Å². The lowest BCUT2D eigenvalue weighted by Gasteiger charge is -2.18. The topological polar surface area (TPSA) is 86.7 Å². The zero-order valence-corrected chi connectivity index (χ0v) is 10.2. The van der Waals surface area contributed by atoms with Crippen molar-refractivity contribution in [2.75, 3.05) is 19.7 Å². The molecule has 2 rings (SSSR count). The lowest BCUT2D eigenvalue weighted by Crippen LogP contribution is -3.08. The van der Waals surface area contributed by atoms with E-state index in [1.165, 1.54) is 6.08 Å². The van der Waals surface area contributed by atoms with Crippen molar-refractivity contribution in [2.45, 2.75) is 0 Å². The molecule has 0 saturated heterocycles. The summed E-state index contributed by atoms with van der Waals surface area (Å²) >= 11 is 0. The molecule has 1 aliphatic rings. The number of carboxylic acid groups (broad SMARTS) is 1. The Morgan fingerprint density at radius 1 is 1.47 bits per heavy atom. The number of carboxylic acids is 1. The molecule has 0 saturated carbocycles. The van der Waals surface area contributed by atoms with Gasteiger partial charge in [-0.05, 0) is 24.3 Å². The molecule has 0 radical (unpaired) electrons. The van der Waals surface area contributed by atoms with Crippen molar-refractivity contribution in [2.24, 2.45) is 0 Å². The van der Waals surface area contributed by atoms with Gasteiger partial charge in [-0.1, -0.05) is 0 Å². The predicted molar refractivity (Wildman–Crippen MR) is 64.0 cm³/mol. The van der Waals surface area contributed by atoms with Crippen LogP contribution in [0.25, 0.3) is 0 Å². The second kappa shape index (κ2) is 6.01. The molecule has 1 atom stereocenters. The Morgan fingerprint density at radius 2 is 2.32 bits per heavy atom. The monoisotopic (exact) mass is 262 g/mol. The fraction of sp³-hybridized carbons (Fsp3) is 0.231. The van der Waals surface area contributed by atoms with Gasteiger partial charge in [-0.3, -0.25) is 0 Å². The van der Waals surface area contributed by atoms with Crippen LogP contribution in [0, 0.1) is 0 Å². The van der Waals surface area contributed by atoms with E-state index in [9.17, 15) is 14.7 Å². The highest BCUT2D eigenvalue weighted by molar-refractivity contribution is 5.88. The van der Waals surface area contributed by atoms with Crippen molar-refractivity contribution in [1.82, 2.24) is 4.98 Å². The molecule has 0 spiro atoms. The molecule has 2 heterocycles. The Hall–Kier alpha value is -2.34. The number of hydrogen-bond donors (Lipinski definition) is 2. The highest BCUT2D eigenvalue weighted by Gasteiger charge is 2.13. The molecule has 0 aromatic carbocycles. The van der Waals surface area contributed by atoms with Crippen LogP contribution in [0.2, 0.25) is 0 Å². The maximum atomic E-state index is 11.5. The summed E-state index contributed by atoms with van der Waals surface area (Å²) in [5, 5.41) is 10.7. The van der Waals surface area contributed by atoms with Gasteiger partial charge >= 0.3 is 5.97 Å². The third-order valence-electron chi connectivity index (χ3n) is 2.75. The molecule has 6 nitrogen and oxygen atoms in total. The number of aliphatic carboxylic acids is 1. The Morgan fingerprint density at radius 3 is 3.00 bits per heavy atom. The molecule has 19 heavy (non-hydrogen) atoms. The third-order valence-corrected chi connectivity index (χ3v) is 2.75. The van der Waals surface area contributed by atoms with E-state index in [0.29, 0.717) is 18.8 Å². The Balaban J connectivity index is 1.79. The minimum absolute atomic E-state index is 0.150. The molecular weight excluding hydrogens is 248 g/mol. The number of carbonyl (C=O) groups excluding carboxylic acids is 2. The second-order valence-electron chi connectivity index (χ2n) is 4.12. The highest BCUT2D eigenvalue weighted by atomic mass is 16.5. The number of nitrogens with one attached hydrogen (secondary N) is 2. The minimum atomic E-state index is -1.20. The van der Waals surface area contributed by atoms with Crippen molar-refractivity contribution >= 4 is 11.9 Å². The lowest BCUT2D eigenvalue weighted by atomic mass is 10.2. The van der Waals surface area contributed by atoms with Crippen LogP contribution >= 0.6 is 0 Å². The Labute approximate surface area is 110 Å². The fourth-order valence-electron chi connectivity index (χ4n) is 1.78. The number of aromatic amines is 1. The van der Waals surface area contributed by atoms with Crippen molar-refractivity contribution < 1.29 is 24.3 Å². The number of carbonyl (C=O) groups is 2. The summed E-state index contributed by atoms with van der Waals surface area (Å²) in [5.41, 5.74) is 0.552. The van der Waals surface area contributed by atoms with Crippen LogP contribution in [0.1, 0.15) is 10.5 Å². The first-order chi connectivity index (χ1) is 9.16. The van der Waals surface area contributed by atoms with E-state index < -0.39 is 11.9 Å². The third kappa shape index (κ3) is 3.56. The average molecular weight is 262 g/mol. The molecule has 0 bridgehead atoms. The molecule has 1 aromatic rings. The first kappa shape index (κ1) is 13.1. The van der Waals surface area contributed by atoms with E-state index in [2.05, 4.69) is 4.98 Å². The first-order valence-electron chi connectivity index (χ1n) is 5.91. The Bertz CT molecular complexity index is 517. The van der Waals surface area contributed by atoms with E-state index in [0.717, 1.165) is 4.90 Å². The quantitative estimate of drug-likeness (QED) is 0.617. The van der Waals surface area contributed by atoms with E-state index >= 15 is 0 Å². The predicted octanol–water partition coefficient (Wildman–Crippen LogP) is -1.74. The van der Waals surface area contributed by atoms with Gasteiger partial charge in [-0.15, -0.1) is 0 Å². The van der Waals surface area contributed by atoms with Gasteiger partial charge in [0, 0.05) is 6.20 Å². The maximum Gasteiger partial charge on any atom is 0.354 e. The van der Waals surface area contributed by atoms with Crippen LogP contribution in [0.4, 0.5) is 0 Å². The van der Waals surface area contributed by atoms with Gasteiger partial charge in [-0.25, -0.2) is 4.79 Å². The van der Waals surface area contributed by atoms with Crippen molar-refractivity contribution in [3.63, 3.8) is 0 Å². The number of rotatable bonds is 5. The zero-order chi connectivity index (χ0) is 13.7. The maximum absolute atomic E-state index is 11.5. The first-order valence-corrected chi connectivity index (χ1v) is 5.91. The van der Waals surface area contributed by atoms with E-state index in [1.807, 2.05) is 0 Å². The summed E-state index contributed by atoms with van der Waals surface area (Å²) in [4.78, 5) is 25.9. The molecule has 0 aliphatic carbocycles. The largest absolute Gasteiger partial charge is 0.545 e. The molecule has 1 aliphatic heterocycles. The van der Waals surface area contributed by atoms with Crippen LogP contribution in [-0.2, 0) is 9.53 Å². The lowest BCUT2D eigenvalue weighted by molar-refractivity contribution is -0.841. The minimum Gasteiger partial charge on any atom is -0.545 e. The summed E-state index contributed by atoms with van der Waals surface area (Å²) in [6, 6.07) is 3.35. The summed E-state index contributed by atoms with van der Waals surface area (Å²) < 4.78 is 5.08. The molecule has 6 heteroatoms. The second-order valence-corrected chi connectivity index (χ2v) is 4.12. The molecule has 1 unspecified atom stereocenters. The number of aromatic nitrogens is 1. The van der Waals surface area contributed by atoms with Crippen molar-refractivity contribution in [3.8, 4) is 0 Å². The van der Waals surface area contributed by atoms with Crippen molar-refractivity contribution in [3.05, 3.63) is 47.9 Å². The number of H-pyrrole nitrogens is 1. The van der Waals surface area contributed by atoms with Crippen LogP contribution in [0.3, 0.4) is 0 Å². The van der Waals surface area contributed by atoms with Crippen LogP contribution < -0.4 is 10.0 Å². The smallest absolute Gasteiger partial charge is 0.354 e. The summed E-state index contributed by atoms with van der Waals surface area (Å²) in [6.07, 6.45) is 6.49. The summed E-state index contributed by atoms with van der Waals surface area (Å²) in [5.74, 6) is -1.61. The molecule has 100 valence electrons. The van der Waals surface area contributed by atoms with Crippen LogP contribution in [-0.4, -0.2) is 36.6 Å². The molecule has 0 amide bonds. The number of ether oxygens (including phenoxy) is 1. The van der Waals surface area contributed by atoms with Gasteiger partial charge in [-0.2, -0.15) is 0 Å². The molecule has 1 aromatic heterocycles. The van der Waals surface area contributed by atoms with Gasteiger partial charge in [0.2, 0.25) is 0 Å². The van der Waals surface area contributed by atoms with Gasteiger partial charge in [0.25, 0.3) is 0 Å². The van der Waals surface area contributed by atoms with Gasteiger partial charge in [0.15, 0.2) is 0 Å².